The summed E-state index contributed by atoms with van der Waals surface area (Å²) >= 11 is 0.362. The van der Waals surface area contributed by atoms with Gasteiger partial charge in [0, 0.05) is 11.8 Å². The highest BCUT2D eigenvalue weighted by molar-refractivity contribution is 7.99. The zero-order valence-corrected chi connectivity index (χ0v) is 18.3. The molecule has 3 rings (SSSR count). The van der Waals surface area contributed by atoms with Crippen LogP contribution in [-0.2, 0) is 6.18 Å². The number of halogens is 7. The van der Waals surface area contributed by atoms with Gasteiger partial charge in [0.15, 0.2) is 23.3 Å². The monoisotopic (exact) mass is 487 g/mol. The molecule has 176 valence electrons. The van der Waals surface area contributed by atoms with E-state index in [0.717, 1.165) is 16.3 Å². The molecule has 0 aliphatic carbocycles. The number of hydrogen-bond donors (Lipinski definition) is 1. The van der Waals surface area contributed by atoms with Gasteiger partial charge in [-0.2, -0.15) is 13.2 Å². The Morgan fingerprint density at radius 3 is 2.18 bits per heavy atom. The Balaban J connectivity index is 1.60. The summed E-state index contributed by atoms with van der Waals surface area (Å²) in [5, 5.41) is 5.53. The molecule has 0 spiro atoms. The average molecular weight is 487 g/mol. The van der Waals surface area contributed by atoms with Crippen LogP contribution in [0.1, 0.15) is 30.5 Å². The van der Waals surface area contributed by atoms with Gasteiger partial charge in [-0.15, -0.1) is 11.8 Å². The molecule has 0 amide bonds. The second kappa shape index (κ2) is 10.2. The molecular formula is C24H20F7NS. The van der Waals surface area contributed by atoms with Crippen LogP contribution in [-0.4, -0.2) is 12.3 Å². The lowest BCUT2D eigenvalue weighted by Gasteiger charge is -2.17. The standard InChI is InChI=1S/C24H20F7NS/c1-13(10-11-32-14(2)16-9-5-7-15-6-3-4-8-17(15)16)12-33-23-21(27)19(25)18(24(29,30)31)20(26)22(23)28/h3-9,14,32H,1,10-12H2,2H3/t14-/m1/s1. The molecule has 0 saturated heterocycles. The van der Waals surface area contributed by atoms with Gasteiger partial charge in [-0.1, -0.05) is 54.6 Å². The van der Waals surface area contributed by atoms with Crippen LogP contribution < -0.4 is 5.32 Å². The van der Waals surface area contributed by atoms with E-state index in [1.807, 2.05) is 49.4 Å². The van der Waals surface area contributed by atoms with E-state index in [1.54, 1.807) is 0 Å². The first-order chi connectivity index (χ1) is 15.5. The van der Waals surface area contributed by atoms with Crippen molar-refractivity contribution in [3.8, 4) is 0 Å². The highest BCUT2D eigenvalue weighted by Crippen LogP contribution is 2.39. The molecule has 1 atom stereocenters. The number of fused-ring (bicyclic) bond motifs is 1. The maximum absolute atomic E-state index is 14.0. The topological polar surface area (TPSA) is 12.0 Å². The number of rotatable bonds is 8. The Labute approximate surface area is 190 Å². The van der Waals surface area contributed by atoms with Crippen LogP contribution in [0.3, 0.4) is 0 Å². The summed E-state index contributed by atoms with van der Waals surface area (Å²) in [6, 6.07) is 13.9. The van der Waals surface area contributed by atoms with Crippen LogP contribution in [0.15, 0.2) is 59.5 Å². The first-order valence-corrected chi connectivity index (χ1v) is 10.9. The normalized spacial score (nSPS) is 12.8. The van der Waals surface area contributed by atoms with Crippen molar-refractivity contribution in [2.45, 2.75) is 30.5 Å². The summed E-state index contributed by atoms with van der Waals surface area (Å²) in [5.41, 5.74) is -0.989. The summed E-state index contributed by atoms with van der Waals surface area (Å²) in [5.74, 6) is -9.17. The molecule has 0 aliphatic rings. The molecule has 3 aromatic rings. The van der Waals surface area contributed by atoms with Crippen molar-refractivity contribution >= 4 is 22.5 Å². The Hall–Kier alpha value is -2.52. The van der Waals surface area contributed by atoms with Gasteiger partial charge in [-0.25, -0.2) is 17.6 Å². The highest BCUT2D eigenvalue weighted by atomic mass is 32.2. The molecule has 3 aromatic carbocycles. The Morgan fingerprint density at radius 2 is 1.55 bits per heavy atom. The van der Waals surface area contributed by atoms with Gasteiger partial charge in [0.05, 0.1) is 4.90 Å². The number of hydrogen-bond acceptors (Lipinski definition) is 2. The fourth-order valence-electron chi connectivity index (χ4n) is 3.44. The van der Waals surface area contributed by atoms with E-state index in [4.69, 9.17) is 0 Å². The van der Waals surface area contributed by atoms with Crippen LogP contribution in [0.2, 0.25) is 0 Å². The van der Waals surface area contributed by atoms with Crippen LogP contribution >= 0.6 is 11.8 Å². The fourth-order valence-corrected chi connectivity index (χ4v) is 4.36. The van der Waals surface area contributed by atoms with Gasteiger partial charge in [-0.3, -0.25) is 0 Å². The van der Waals surface area contributed by atoms with E-state index in [2.05, 4.69) is 11.9 Å². The molecule has 0 radical (unpaired) electrons. The maximum Gasteiger partial charge on any atom is 0.422 e. The van der Waals surface area contributed by atoms with Crippen molar-refractivity contribution in [3.05, 3.63) is 89.0 Å². The van der Waals surface area contributed by atoms with Gasteiger partial charge in [0.25, 0.3) is 0 Å². The molecule has 33 heavy (non-hydrogen) atoms. The van der Waals surface area contributed by atoms with Gasteiger partial charge < -0.3 is 5.32 Å². The number of nitrogens with one attached hydrogen (secondary N) is 1. The Kier molecular flexibility index (Phi) is 7.74. The van der Waals surface area contributed by atoms with E-state index >= 15 is 0 Å². The van der Waals surface area contributed by atoms with Crippen molar-refractivity contribution in [1.29, 1.82) is 0 Å². The van der Waals surface area contributed by atoms with Gasteiger partial charge >= 0.3 is 6.18 Å². The fraction of sp³-hybridized carbons (Fsp3) is 0.250. The Morgan fingerprint density at radius 1 is 0.939 bits per heavy atom. The van der Waals surface area contributed by atoms with Crippen LogP contribution in [0.25, 0.3) is 10.8 Å². The molecule has 0 fully saturated rings. The predicted molar refractivity (Wildman–Crippen MR) is 116 cm³/mol. The van der Waals surface area contributed by atoms with Crippen LogP contribution in [0.4, 0.5) is 30.7 Å². The molecule has 1 N–H and O–H groups in total. The third-order valence-corrected chi connectivity index (χ3v) is 6.35. The summed E-state index contributed by atoms with van der Waals surface area (Å²) in [7, 11) is 0. The lowest BCUT2D eigenvalue weighted by molar-refractivity contribution is -0.143. The molecule has 0 bridgehead atoms. The third kappa shape index (κ3) is 5.52. The molecule has 9 heteroatoms. The van der Waals surface area contributed by atoms with Gasteiger partial charge in [-0.05, 0) is 36.2 Å². The van der Waals surface area contributed by atoms with E-state index in [1.165, 1.54) is 0 Å². The van der Waals surface area contributed by atoms with Crippen LogP contribution in [0, 0.1) is 23.3 Å². The Bertz CT molecular complexity index is 1140. The van der Waals surface area contributed by atoms with E-state index < -0.39 is 39.9 Å². The first kappa shape index (κ1) is 25.1. The van der Waals surface area contributed by atoms with Crippen molar-refractivity contribution < 1.29 is 30.7 Å². The summed E-state index contributed by atoms with van der Waals surface area (Å²) < 4.78 is 93.6. The minimum Gasteiger partial charge on any atom is -0.310 e. The second-order valence-corrected chi connectivity index (χ2v) is 8.48. The van der Waals surface area contributed by atoms with Crippen molar-refractivity contribution in [3.63, 3.8) is 0 Å². The smallest absolute Gasteiger partial charge is 0.310 e. The summed E-state index contributed by atoms with van der Waals surface area (Å²) in [6.45, 7) is 6.22. The number of thioether (sulfide) groups is 1. The third-order valence-electron chi connectivity index (χ3n) is 5.15. The average Bonchev–Trinajstić information content (AvgIpc) is 2.76. The number of alkyl halides is 3. The lowest BCUT2D eigenvalue weighted by Crippen LogP contribution is -2.20. The summed E-state index contributed by atoms with van der Waals surface area (Å²) in [6.07, 6.45) is -5.17. The largest absolute Gasteiger partial charge is 0.422 e. The molecule has 0 aliphatic heterocycles. The first-order valence-electron chi connectivity index (χ1n) is 9.96. The predicted octanol–water partition coefficient (Wildman–Crippen LogP) is 7.80. The quantitative estimate of drug-likeness (QED) is 0.151. The van der Waals surface area contributed by atoms with E-state index in [0.29, 0.717) is 30.3 Å². The minimum absolute atomic E-state index is 0.00968. The molecule has 1 nitrogen and oxygen atoms in total. The van der Waals surface area contributed by atoms with E-state index in [9.17, 15) is 30.7 Å². The lowest BCUT2D eigenvalue weighted by atomic mass is 9.99. The maximum atomic E-state index is 14.0. The second-order valence-electron chi connectivity index (χ2n) is 7.49. The van der Waals surface area contributed by atoms with E-state index in [-0.39, 0.29) is 11.8 Å². The van der Waals surface area contributed by atoms with Crippen molar-refractivity contribution in [2.75, 3.05) is 12.3 Å². The molecular weight excluding hydrogens is 467 g/mol. The summed E-state index contributed by atoms with van der Waals surface area (Å²) in [4.78, 5) is -1.14. The highest BCUT2D eigenvalue weighted by Gasteiger charge is 2.42. The SMILES string of the molecule is C=C(CCN[C@H](C)c1cccc2ccccc12)CSc1c(F)c(F)c(C(F)(F)F)c(F)c1F. The molecule has 0 aromatic heterocycles. The molecule has 0 heterocycles. The minimum atomic E-state index is -5.56. The van der Waals surface area contributed by atoms with Gasteiger partial charge in [0.2, 0.25) is 0 Å². The number of benzene rings is 3. The zero-order valence-electron chi connectivity index (χ0n) is 17.5. The molecule has 0 saturated carbocycles. The van der Waals surface area contributed by atoms with Crippen LogP contribution in [0.5, 0.6) is 0 Å². The van der Waals surface area contributed by atoms with Gasteiger partial charge in [0.1, 0.15) is 5.56 Å². The van der Waals surface area contributed by atoms with Crippen molar-refractivity contribution in [2.24, 2.45) is 0 Å². The molecule has 0 unspecified atom stereocenters. The van der Waals surface area contributed by atoms with Crippen molar-refractivity contribution in [1.82, 2.24) is 5.32 Å². The zero-order chi connectivity index (χ0) is 24.3.